The molecule has 1 atom stereocenters. The quantitative estimate of drug-likeness (QED) is 0.410. The van der Waals surface area contributed by atoms with Crippen LogP contribution in [-0.4, -0.2) is 50.0 Å². The van der Waals surface area contributed by atoms with Crippen molar-refractivity contribution in [3.05, 3.63) is 65.7 Å². The van der Waals surface area contributed by atoms with Gasteiger partial charge < -0.3 is 10.2 Å². The molecule has 0 aromatic heterocycles. The first-order valence-electron chi connectivity index (χ1n) is 13.4. The summed E-state index contributed by atoms with van der Waals surface area (Å²) in [7, 11) is -3.51. The molecular formula is C29H41N3O4S. The average molecular weight is 528 g/mol. The summed E-state index contributed by atoms with van der Waals surface area (Å²) in [4.78, 5) is 28.4. The second kappa shape index (κ2) is 13.6. The maximum atomic E-state index is 13.5. The molecule has 0 aliphatic heterocycles. The highest BCUT2D eigenvalue weighted by molar-refractivity contribution is 7.92. The van der Waals surface area contributed by atoms with E-state index in [-0.39, 0.29) is 30.8 Å². The van der Waals surface area contributed by atoms with Crippen LogP contribution < -0.4 is 9.62 Å². The Labute approximate surface area is 222 Å². The molecule has 0 heterocycles. The second-order valence-corrected chi connectivity index (χ2v) is 11.8. The summed E-state index contributed by atoms with van der Waals surface area (Å²) in [5.41, 5.74) is 2.68. The van der Waals surface area contributed by atoms with Gasteiger partial charge in [-0.15, -0.1) is 0 Å². The molecule has 0 unspecified atom stereocenters. The minimum Gasteiger partial charge on any atom is -0.352 e. The van der Waals surface area contributed by atoms with Crippen LogP contribution in [0, 0.1) is 0 Å². The number of carbonyl (C=O) groups is 2. The van der Waals surface area contributed by atoms with Crippen molar-refractivity contribution in [3.8, 4) is 0 Å². The van der Waals surface area contributed by atoms with Crippen molar-refractivity contribution in [2.24, 2.45) is 0 Å². The second-order valence-electron chi connectivity index (χ2n) is 9.88. The average Bonchev–Trinajstić information content (AvgIpc) is 3.39. The lowest BCUT2D eigenvalue weighted by Gasteiger charge is -2.32. The number of nitrogens with zero attached hydrogens (tertiary/aromatic N) is 2. The van der Waals surface area contributed by atoms with Crippen molar-refractivity contribution in [3.63, 3.8) is 0 Å². The first-order chi connectivity index (χ1) is 17.7. The van der Waals surface area contributed by atoms with Gasteiger partial charge in [-0.2, -0.15) is 0 Å². The zero-order chi connectivity index (χ0) is 26.8. The van der Waals surface area contributed by atoms with Gasteiger partial charge in [-0.1, -0.05) is 69.2 Å². The number of hydrogen-bond donors (Lipinski definition) is 1. The lowest BCUT2D eigenvalue weighted by atomic mass is 10.1. The Morgan fingerprint density at radius 1 is 0.973 bits per heavy atom. The van der Waals surface area contributed by atoms with Crippen LogP contribution in [0.3, 0.4) is 0 Å². The lowest BCUT2D eigenvalue weighted by Crippen LogP contribution is -2.51. The Balaban J connectivity index is 1.72. The molecule has 37 heavy (non-hydrogen) atoms. The highest BCUT2D eigenvalue weighted by Gasteiger charge is 2.30. The zero-order valence-corrected chi connectivity index (χ0v) is 23.2. The minimum absolute atomic E-state index is 0.104. The molecular weight excluding hydrogens is 486 g/mol. The molecule has 2 amide bonds. The van der Waals surface area contributed by atoms with Gasteiger partial charge in [-0.3, -0.25) is 13.9 Å². The van der Waals surface area contributed by atoms with Crippen LogP contribution in [0.1, 0.15) is 69.9 Å². The van der Waals surface area contributed by atoms with Crippen molar-refractivity contribution in [2.45, 2.75) is 83.8 Å². The highest BCUT2D eigenvalue weighted by atomic mass is 32.2. The highest BCUT2D eigenvalue weighted by Crippen LogP contribution is 2.22. The molecule has 1 fully saturated rings. The van der Waals surface area contributed by atoms with Gasteiger partial charge in [0.15, 0.2) is 0 Å². The number of nitrogens with one attached hydrogen (secondary N) is 1. The number of anilines is 1. The van der Waals surface area contributed by atoms with E-state index in [0.717, 1.165) is 43.2 Å². The van der Waals surface area contributed by atoms with E-state index in [2.05, 4.69) is 5.32 Å². The Hall–Kier alpha value is -2.87. The van der Waals surface area contributed by atoms with Crippen molar-refractivity contribution in [2.75, 3.05) is 17.1 Å². The number of amides is 2. The number of aryl methyl sites for hydroxylation is 1. The van der Waals surface area contributed by atoms with E-state index >= 15 is 0 Å². The fourth-order valence-corrected chi connectivity index (χ4v) is 5.93. The van der Waals surface area contributed by atoms with Crippen molar-refractivity contribution in [1.29, 1.82) is 0 Å². The largest absolute Gasteiger partial charge is 0.352 e. The monoisotopic (exact) mass is 527 g/mol. The van der Waals surface area contributed by atoms with E-state index in [9.17, 15) is 18.0 Å². The summed E-state index contributed by atoms with van der Waals surface area (Å²) in [6.45, 7) is 4.51. The lowest BCUT2D eigenvalue weighted by molar-refractivity contribution is -0.141. The smallest absolute Gasteiger partial charge is 0.243 e. The van der Waals surface area contributed by atoms with Crippen LogP contribution in [0.2, 0.25) is 0 Å². The maximum absolute atomic E-state index is 13.5. The Morgan fingerprint density at radius 2 is 1.62 bits per heavy atom. The van der Waals surface area contributed by atoms with E-state index < -0.39 is 16.1 Å². The standard InChI is InChI=1S/C29H41N3O4S/c1-4-23-17-19-26(20-18-23)32(37(3,35)36)21-11-16-28(33)31(22-24-12-7-6-8-13-24)27(5-2)29(34)30-25-14-9-10-15-25/h6-8,12-13,17-20,25,27H,4-5,9-11,14-16,21-22H2,1-3H3,(H,30,34)/t27-/m0/s1. The van der Waals surface area contributed by atoms with E-state index in [1.165, 1.54) is 10.6 Å². The normalized spacial score (nSPS) is 14.8. The molecule has 1 saturated carbocycles. The van der Waals surface area contributed by atoms with Crippen LogP contribution in [0.15, 0.2) is 54.6 Å². The van der Waals surface area contributed by atoms with Gasteiger partial charge in [0.2, 0.25) is 21.8 Å². The molecule has 0 saturated heterocycles. The molecule has 202 valence electrons. The van der Waals surface area contributed by atoms with Gasteiger partial charge >= 0.3 is 0 Å². The van der Waals surface area contributed by atoms with Crippen molar-refractivity contribution in [1.82, 2.24) is 10.2 Å². The molecule has 7 nitrogen and oxygen atoms in total. The maximum Gasteiger partial charge on any atom is 0.243 e. The van der Waals surface area contributed by atoms with E-state index in [0.29, 0.717) is 25.1 Å². The van der Waals surface area contributed by atoms with Crippen LogP contribution in [0.5, 0.6) is 0 Å². The Morgan fingerprint density at radius 3 is 2.19 bits per heavy atom. The summed E-state index contributed by atoms with van der Waals surface area (Å²) in [5.74, 6) is -0.250. The van der Waals surface area contributed by atoms with Crippen LogP contribution in [0.4, 0.5) is 5.69 Å². The summed E-state index contributed by atoms with van der Waals surface area (Å²) in [6, 6.07) is 16.8. The van der Waals surface area contributed by atoms with Gasteiger partial charge in [-0.05, 0) is 55.4 Å². The number of sulfonamides is 1. The third-order valence-electron chi connectivity index (χ3n) is 7.07. The SMILES string of the molecule is CCc1ccc(N(CCCC(=O)N(Cc2ccccc2)[C@@H](CC)C(=O)NC2CCCC2)S(C)(=O)=O)cc1. The van der Waals surface area contributed by atoms with Crippen LogP contribution >= 0.6 is 0 Å². The predicted octanol–water partition coefficient (Wildman–Crippen LogP) is 4.66. The summed E-state index contributed by atoms with van der Waals surface area (Å²) >= 11 is 0. The van der Waals surface area contributed by atoms with Crippen molar-refractivity contribution < 1.29 is 18.0 Å². The number of hydrogen-bond acceptors (Lipinski definition) is 4. The van der Waals surface area contributed by atoms with Crippen LogP contribution in [0.25, 0.3) is 0 Å². The Kier molecular flexibility index (Phi) is 10.6. The molecule has 8 heteroatoms. The van der Waals surface area contributed by atoms with E-state index in [1.54, 1.807) is 4.90 Å². The summed E-state index contributed by atoms with van der Waals surface area (Å²) in [6.07, 6.45) is 7.27. The first-order valence-corrected chi connectivity index (χ1v) is 15.3. The topological polar surface area (TPSA) is 86.8 Å². The van der Waals surface area contributed by atoms with Gasteiger partial charge in [-0.25, -0.2) is 8.42 Å². The molecule has 0 bridgehead atoms. The number of benzene rings is 2. The van der Waals surface area contributed by atoms with E-state index in [4.69, 9.17) is 0 Å². The molecule has 2 aromatic rings. The summed E-state index contributed by atoms with van der Waals surface area (Å²) < 4.78 is 26.4. The summed E-state index contributed by atoms with van der Waals surface area (Å²) in [5, 5.41) is 3.16. The molecule has 1 aliphatic rings. The molecule has 1 aliphatic carbocycles. The molecule has 0 spiro atoms. The van der Waals surface area contributed by atoms with Gasteiger partial charge in [0.1, 0.15) is 6.04 Å². The molecule has 3 rings (SSSR count). The molecule has 1 N–H and O–H groups in total. The predicted molar refractivity (Wildman–Crippen MR) is 149 cm³/mol. The molecule has 0 radical (unpaired) electrons. The number of carbonyl (C=O) groups excluding carboxylic acids is 2. The van der Waals surface area contributed by atoms with E-state index in [1.807, 2.05) is 68.4 Å². The minimum atomic E-state index is -3.51. The molecule has 2 aromatic carbocycles. The fourth-order valence-electron chi connectivity index (χ4n) is 4.97. The fraction of sp³-hybridized carbons (Fsp3) is 0.517. The zero-order valence-electron chi connectivity index (χ0n) is 22.4. The van der Waals surface area contributed by atoms with Gasteiger partial charge in [0, 0.05) is 25.6 Å². The Bertz CT molecular complexity index is 1110. The first kappa shape index (κ1) is 28.7. The third-order valence-corrected chi connectivity index (χ3v) is 8.26. The third kappa shape index (κ3) is 8.32. The van der Waals surface area contributed by atoms with Gasteiger partial charge in [0.05, 0.1) is 11.9 Å². The van der Waals surface area contributed by atoms with Crippen LogP contribution in [-0.2, 0) is 32.6 Å². The number of rotatable bonds is 13. The van der Waals surface area contributed by atoms with Gasteiger partial charge in [0.25, 0.3) is 0 Å². The van der Waals surface area contributed by atoms with Crippen molar-refractivity contribution >= 4 is 27.5 Å².